The van der Waals surface area contributed by atoms with E-state index in [1.165, 1.54) is 0 Å². The first kappa shape index (κ1) is 17.2. The lowest BCUT2D eigenvalue weighted by Gasteiger charge is -2.22. The zero-order valence-corrected chi connectivity index (χ0v) is 13.5. The van der Waals surface area contributed by atoms with E-state index in [0.29, 0.717) is 11.1 Å². The Morgan fingerprint density at radius 1 is 1.26 bits per heavy atom. The summed E-state index contributed by atoms with van der Waals surface area (Å²) in [6, 6.07) is 9.06. The van der Waals surface area contributed by atoms with Crippen molar-refractivity contribution >= 4 is 17.0 Å². The van der Waals surface area contributed by atoms with Crippen molar-refractivity contribution in [2.75, 3.05) is 6.54 Å². The van der Waals surface area contributed by atoms with E-state index in [1.54, 1.807) is 45.2 Å². The summed E-state index contributed by atoms with van der Waals surface area (Å²) in [5.41, 5.74) is 0.521. The number of aromatic nitrogens is 1. The zero-order valence-electron chi connectivity index (χ0n) is 13.5. The van der Waals surface area contributed by atoms with E-state index in [2.05, 4.69) is 10.3 Å². The van der Waals surface area contributed by atoms with Gasteiger partial charge in [-0.2, -0.15) is 0 Å². The maximum atomic E-state index is 11.6. The van der Waals surface area contributed by atoms with Gasteiger partial charge in [0, 0.05) is 23.7 Å². The van der Waals surface area contributed by atoms with Gasteiger partial charge in [-0.05, 0) is 26.8 Å². The summed E-state index contributed by atoms with van der Waals surface area (Å²) in [7, 11) is 0. The van der Waals surface area contributed by atoms with Gasteiger partial charge in [0.15, 0.2) is 0 Å². The van der Waals surface area contributed by atoms with Crippen LogP contribution < -0.4 is 5.32 Å². The van der Waals surface area contributed by atoms with Crippen molar-refractivity contribution in [2.24, 2.45) is 0 Å². The highest BCUT2D eigenvalue weighted by Crippen LogP contribution is 2.24. The highest BCUT2D eigenvalue weighted by Gasteiger charge is 2.23. The molecule has 2 rings (SSSR count). The van der Waals surface area contributed by atoms with Crippen molar-refractivity contribution in [1.29, 1.82) is 0 Å². The van der Waals surface area contributed by atoms with Crippen molar-refractivity contribution < 1.29 is 19.7 Å². The number of carbonyl (C=O) groups is 1. The molecule has 1 amide bonds. The molecule has 3 N–H and O–H groups in total. The number of carbonyl (C=O) groups excluding carboxylic acids is 1. The first-order chi connectivity index (χ1) is 10.8. The van der Waals surface area contributed by atoms with E-state index in [-0.39, 0.29) is 6.54 Å². The first-order valence-electron chi connectivity index (χ1n) is 7.44. The number of aliphatic hydroxyl groups excluding tert-OH is 2. The number of alkyl carbamates (subject to hydrolysis) is 1. The van der Waals surface area contributed by atoms with Gasteiger partial charge in [-0.1, -0.05) is 24.3 Å². The minimum absolute atomic E-state index is 0.126. The second-order valence-corrected chi connectivity index (χ2v) is 6.32. The van der Waals surface area contributed by atoms with Crippen LogP contribution in [-0.2, 0) is 4.74 Å². The van der Waals surface area contributed by atoms with Crippen molar-refractivity contribution in [3.63, 3.8) is 0 Å². The summed E-state index contributed by atoms with van der Waals surface area (Å²) < 4.78 is 5.09. The average molecular weight is 318 g/mol. The first-order valence-corrected chi connectivity index (χ1v) is 7.44. The molecule has 0 saturated heterocycles. The molecule has 124 valence electrons. The van der Waals surface area contributed by atoms with Crippen molar-refractivity contribution in [3.8, 4) is 0 Å². The van der Waals surface area contributed by atoms with E-state index in [9.17, 15) is 15.0 Å². The van der Waals surface area contributed by atoms with Gasteiger partial charge < -0.3 is 20.3 Å². The van der Waals surface area contributed by atoms with Gasteiger partial charge in [0.1, 0.15) is 17.8 Å². The van der Waals surface area contributed by atoms with Crippen LogP contribution in [0.3, 0.4) is 0 Å². The maximum Gasteiger partial charge on any atom is 0.407 e. The van der Waals surface area contributed by atoms with E-state index in [1.807, 2.05) is 12.1 Å². The minimum Gasteiger partial charge on any atom is -0.444 e. The molecular weight excluding hydrogens is 296 g/mol. The lowest BCUT2D eigenvalue weighted by atomic mass is 10.0. The monoisotopic (exact) mass is 318 g/mol. The fourth-order valence-corrected chi connectivity index (χ4v) is 2.19. The molecule has 1 aromatic heterocycles. The van der Waals surface area contributed by atoms with Gasteiger partial charge in [0.25, 0.3) is 0 Å². The van der Waals surface area contributed by atoms with Crippen LogP contribution in [0.5, 0.6) is 0 Å². The Kier molecular flexibility index (Phi) is 5.18. The Balaban J connectivity index is 2.04. The summed E-state index contributed by atoms with van der Waals surface area (Å²) in [6.45, 7) is 5.12. The molecule has 6 heteroatoms. The number of hydrogen-bond acceptors (Lipinski definition) is 5. The third kappa shape index (κ3) is 4.64. The molecule has 0 bridgehead atoms. The summed E-state index contributed by atoms with van der Waals surface area (Å²) in [4.78, 5) is 15.8. The van der Waals surface area contributed by atoms with Crippen LogP contribution in [0, 0.1) is 0 Å². The second kappa shape index (κ2) is 6.93. The molecule has 1 aromatic carbocycles. The SMILES string of the molecule is CC(C)(C)OC(=O)NCC(O)C(O)c1cccc2cccnc12. The standard InChI is InChI=1S/C17H22N2O4/c1-17(2,3)23-16(22)19-10-13(20)15(21)12-8-4-6-11-7-5-9-18-14(11)12/h4-9,13,15,20-21H,10H2,1-3H3,(H,19,22). The molecule has 2 aromatic rings. The quantitative estimate of drug-likeness (QED) is 0.803. The van der Waals surface area contributed by atoms with E-state index < -0.39 is 23.9 Å². The Bertz CT molecular complexity index is 676. The molecule has 0 fully saturated rings. The lowest BCUT2D eigenvalue weighted by Crippen LogP contribution is -2.38. The number of rotatable bonds is 4. The van der Waals surface area contributed by atoms with Crippen LogP contribution in [0.1, 0.15) is 32.4 Å². The predicted octanol–water partition coefficient (Wildman–Crippen LogP) is 2.15. The number of fused-ring (bicyclic) bond motifs is 1. The van der Waals surface area contributed by atoms with E-state index in [0.717, 1.165) is 5.39 Å². The van der Waals surface area contributed by atoms with Crippen molar-refractivity contribution in [3.05, 3.63) is 42.1 Å². The smallest absolute Gasteiger partial charge is 0.407 e. The fourth-order valence-electron chi connectivity index (χ4n) is 2.19. The van der Waals surface area contributed by atoms with Gasteiger partial charge in [0.05, 0.1) is 5.52 Å². The molecule has 2 unspecified atom stereocenters. The second-order valence-electron chi connectivity index (χ2n) is 6.32. The number of para-hydroxylation sites is 1. The zero-order chi connectivity index (χ0) is 17.0. The van der Waals surface area contributed by atoms with Gasteiger partial charge in [-0.3, -0.25) is 4.98 Å². The molecule has 2 atom stereocenters. The van der Waals surface area contributed by atoms with Crippen LogP contribution in [0.4, 0.5) is 4.79 Å². The molecule has 0 aliphatic rings. The number of benzene rings is 1. The highest BCUT2D eigenvalue weighted by atomic mass is 16.6. The molecule has 1 heterocycles. The lowest BCUT2D eigenvalue weighted by molar-refractivity contribution is 0.0135. The predicted molar refractivity (Wildman–Crippen MR) is 86.9 cm³/mol. The Morgan fingerprint density at radius 2 is 1.96 bits per heavy atom. The molecule has 0 radical (unpaired) electrons. The summed E-state index contributed by atoms with van der Waals surface area (Å²) in [6.07, 6.45) is -1.34. The molecule has 0 spiro atoms. The van der Waals surface area contributed by atoms with Crippen LogP contribution in [0.15, 0.2) is 36.5 Å². The van der Waals surface area contributed by atoms with Gasteiger partial charge in [0.2, 0.25) is 0 Å². The fraction of sp³-hybridized carbons (Fsp3) is 0.412. The molecule has 0 aliphatic carbocycles. The number of pyridine rings is 1. The Labute approximate surface area is 135 Å². The van der Waals surface area contributed by atoms with Crippen LogP contribution in [-0.4, -0.2) is 39.5 Å². The number of nitrogens with one attached hydrogen (secondary N) is 1. The molecule has 0 saturated carbocycles. The third-order valence-electron chi connectivity index (χ3n) is 3.20. The number of amides is 1. The molecular formula is C17H22N2O4. The normalized spacial score (nSPS) is 14.3. The number of hydrogen-bond donors (Lipinski definition) is 3. The molecule has 0 aliphatic heterocycles. The summed E-state index contributed by atoms with van der Waals surface area (Å²) in [5, 5.41) is 23.8. The number of nitrogens with zero attached hydrogens (tertiary/aromatic N) is 1. The Morgan fingerprint density at radius 3 is 2.65 bits per heavy atom. The highest BCUT2D eigenvalue weighted by molar-refractivity contribution is 5.81. The van der Waals surface area contributed by atoms with Crippen molar-refractivity contribution in [2.45, 2.75) is 38.6 Å². The van der Waals surface area contributed by atoms with Crippen LogP contribution in [0.2, 0.25) is 0 Å². The maximum absolute atomic E-state index is 11.6. The van der Waals surface area contributed by atoms with Crippen LogP contribution in [0.25, 0.3) is 10.9 Å². The van der Waals surface area contributed by atoms with E-state index >= 15 is 0 Å². The third-order valence-corrected chi connectivity index (χ3v) is 3.20. The van der Waals surface area contributed by atoms with E-state index in [4.69, 9.17) is 4.74 Å². The van der Waals surface area contributed by atoms with Gasteiger partial charge >= 0.3 is 6.09 Å². The van der Waals surface area contributed by atoms with Gasteiger partial charge in [-0.25, -0.2) is 4.79 Å². The van der Waals surface area contributed by atoms with Gasteiger partial charge in [-0.15, -0.1) is 0 Å². The summed E-state index contributed by atoms with van der Waals surface area (Å²) in [5.74, 6) is 0. The average Bonchev–Trinajstić information content (AvgIpc) is 2.49. The van der Waals surface area contributed by atoms with Crippen LogP contribution >= 0.6 is 0 Å². The Hall–Kier alpha value is -2.18. The molecule has 6 nitrogen and oxygen atoms in total. The minimum atomic E-state index is -1.17. The van der Waals surface area contributed by atoms with Crippen molar-refractivity contribution in [1.82, 2.24) is 10.3 Å². The summed E-state index contributed by atoms with van der Waals surface area (Å²) >= 11 is 0. The largest absolute Gasteiger partial charge is 0.444 e. The topological polar surface area (TPSA) is 91.7 Å². The number of ether oxygens (including phenoxy) is 1. The number of aliphatic hydroxyl groups is 2. The molecule has 23 heavy (non-hydrogen) atoms.